The molecule has 0 saturated carbocycles. The Labute approximate surface area is 133 Å². The van der Waals surface area contributed by atoms with Crippen LogP contribution in [-0.4, -0.2) is 37.0 Å². The van der Waals surface area contributed by atoms with Gasteiger partial charge >= 0.3 is 0 Å². The molecule has 1 aliphatic rings. The van der Waals surface area contributed by atoms with Gasteiger partial charge in [0, 0.05) is 31.3 Å². The summed E-state index contributed by atoms with van der Waals surface area (Å²) in [5.74, 6) is -1.96. The number of benzene rings is 2. The van der Waals surface area contributed by atoms with E-state index in [0.29, 0.717) is 25.3 Å². The van der Waals surface area contributed by atoms with Gasteiger partial charge in [0.2, 0.25) is 0 Å². The fourth-order valence-electron chi connectivity index (χ4n) is 2.70. The summed E-state index contributed by atoms with van der Waals surface area (Å²) in [5.41, 5.74) is 1.17. The van der Waals surface area contributed by atoms with Crippen LogP contribution in [0.15, 0.2) is 42.5 Å². The molecule has 0 radical (unpaired) electrons. The first-order chi connectivity index (χ1) is 11.1. The molecule has 0 spiro atoms. The molecule has 0 N–H and O–H groups in total. The molecule has 0 bridgehead atoms. The van der Waals surface area contributed by atoms with Crippen LogP contribution >= 0.6 is 0 Å². The van der Waals surface area contributed by atoms with E-state index < -0.39 is 17.4 Å². The second-order valence-corrected chi connectivity index (χ2v) is 5.50. The van der Waals surface area contributed by atoms with E-state index in [1.54, 1.807) is 12.1 Å². The van der Waals surface area contributed by atoms with Gasteiger partial charge in [-0.15, -0.1) is 0 Å². The van der Waals surface area contributed by atoms with Crippen molar-refractivity contribution in [1.82, 2.24) is 4.90 Å². The molecule has 1 heterocycles. The van der Waals surface area contributed by atoms with Crippen LogP contribution in [-0.2, 0) is 11.3 Å². The maximum absolute atomic E-state index is 13.9. The largest absolute Gasteiger partial charge is 0.379 e. The van der Waals surface area contributed by atoms with Gasteiger partial charge in [0.1, 0.15) is 11.6 Å². The van der Waals surface area contributed by atoms with Gasteiger partial charge in [0.25, 0.3) is 0 Å². The lowest BCUT2D eigenvalue weighted by molar-refractivity contribution is 0.0341. The van der Waals surface area contributed by atoms with Crippen LogP contribution in [0.1, 0.15) is 21.5 Å². The standard InChI is InChI=1S/C18H17F2NO2/c19-14-5-6-16(17(20)11-14)18(22)15-4-2-1-3-13(15)12-21-7-9-23-10-8-21/h1-6,11H,7-10,12H2. The average Bonchev–Trinajstić information content (AvgIpc) is 2.56. The predicted octanol–water partition coefficient (Wildman–Crippen LogP) is 3.03. The van der Waals surface area contributed by atoms with Crippen LogP contribution in [0, 0.1) is 11.6 Å². The Kier molecular flexibility index (Phi) is 4.79. The smallest absolute Gasteiger partial charge is 0.196 e. The van der Waals surface area contributed by atoms with Crippen LogP contribution in [0.3, 0.4) is 0 Å². The monoisotopic (exact) mass is 317 g/mol. The number of rotatable bonds is 4. The molecular formula is C18H17F2NO2. The highest BCUT2D eigenvalue weighted by atomic mass is 19.1. The van der Waals surface area contributed by atoms with Crippen LogP contribution in [0.5, 0.6) is 0 Å². The van der Waals surface area contributed by atoms with Crippen molar-refractivity contribution < 1.29 is 18.3 Å². The van der Waals surface area contributed by atoms with Crippen molar-refractivity contribution in [2.75, 3.05) is 26.3 Å². The third kappa shape index (κ3) is 3.63. The molecule has 23 heavy (non-hydrogen) atoms. The number of nitrogens with zero attached hydrogens (tertiary/aromatic N) is 1. The summed E-state index contributed by atoms with van der Waals surface area (Å²) in [7, 11) is 0. The lowest BCUT2D eigenvalue weighted by atomic mass is 9.97. The number of carbonyl (C=O) groups excluding carboxylic acids is 1. The summed E-state index contributed by atoms with van der Waals surface area (Å²) in [5, 5.41) is 0. The van der Waals surface area contributed by atoms with Gasteiger partial charge in [-0.05, 0) is 17.7 Å². The van der Waals surface area contributed by atoms with Crippen molar-refractivity contribution in [1.29, 1.82) is 0 Å². The Morgan fingerprint density at radius 1 is 1.04 bits per heavy atom. The van der Waals surface area contributed by atoms with E-state index in [0.717, 1.165) is 30.8 Å². The predicted molar refractivity (Wildman–Crippen MR) is 82.3 cm³/mol. The Morgan fingerprint density at radius 2 is 1.78 bits per heavy atom. The van der Waals surface area contributed by atoms with Crippen LogP contribution < -0.4 is 0 Å². The number of morpholine rings is 1. The fraction of sp³-hybridized carbons (Fsp3) is 0.278. The number of carbonyl (C=O) groups is 1. The highest BCUT2D eigenvalue weighted by molar-refractivity contribution is 6.10. The zero-order valence-electron chi connectivity index (χ0n) is 12.6. The van der Waals surface area contributed by atoms with Crippen LogP contribution in [0.2, 0.25) is 0 Å². The van der Waals surface area contributed by atoms with Gasteiger partial charge < -0.3 is 4.74 Å². The van der Waals surface area contributed by atoms with Gasteiger partial charge in [0.05, 0.1) is 18.8 Å². The maximum Gasteiger partial charge on any atom is 0.196 e. The fourth-order valence-corrected chi connectivity index (χ4v) is 2.70. The highest BCUT2D eigenvalue weighted by Crippen LogP contribution is 2.19. The van der Waals surface area contributed by atoms with E-state index in [1.807, 2.05) is 12.1 Å². The van der Waals surface area contributed by atoms with E-state index in [2.05, 4.69) is 4.90 Å². The highest BCUT2D eigenvalue weighted by Gasteiger charge is 2.19. The molecule has 2 aromatic rings. The first-order valence-electron chi connectivity index (χ1n) is 7.53. The van der Waals surface area contributed by atoms with Crippen molar-refractivity contribution in [3.05, 3.63) is 70.8 Å². The van der Waals surface area contributed by atoms with Crippen molar-refractivity contribution in [3.8, 4) is 0 Å². The molecular weight excluding hydrogens is 300 g/mol. The Morgan fingerprint density at radius 3 is 2.52 bits per heavy atom. The molecule has 0 aliphatic carbocycles. The molecule has 3 nitrogen and oxygen atoms in total. The first-order valence-corrected chi connectivity index (χ1v) is 7.53. The third-order valence-electron chi connectivity index (χ3n) is 3.94. The maximum atomic E-state index is 13.9. The minimum atomic E-state index is -0.837. The lowest BCUT2D eigenvalue weighted by Crippen LogP contribution is -2.36. The van der Waals surface area contributed by atoms with E-state index in [-0.39, 0.29) is 5.56 Å². The topological polar surface area (TPSA) is 29.5 Å². The first kappa shape index (κ1) is 15.8. The van der Waals surface area contributed by atoms with Crippen LogP contribution in [0.4, 0.5) is 8.78 Å². The zero-order valence-corrected chi connectivity index (χ0v) is 12.6. The summed E-state index contributed by atoms with van der Waals surface area (Å²) >= 11 is 0. The summed E-state index contributed by atoms with van der Waals surface area (Å²) in [6.07, 6.45) is 0. The molecule has 2 aromatic carbocycles. The lowest BCUT2D eigenvalue weighted by Gasteiger charge is -2.27. The number of hydrogen-bond acceptors (Lipinski definition) is 3. The number of halogens is 2. The minimum Gasteiger partial charge on any atom is -0.379 e. The Balaban J connectivity index is 1.88. The SMILES string of the molecule is O=C(c1ccc(F)cc1F)c1ccccc1CN1CCOCC1. The molecule has 1 fully saturated rings. The normalized spacial score (nSPS) is 15.6. The van der Waals surface area contributed by atoms with Crippen molar-refractivity contribution in [2.45, 2.75) is 6.54 Å². The molecule has 1 aliphatic heterocycles. The van der Waals surface area contributed by atoms with Crippen molar-refractivity contribution in [3.63, 3.8) is 0 Å². The van der Waals surface area contributed by atoms with Gasteiger partial charge in [-0.1, -0.05) is 24.3 Å². The van der Waals surface area contributed by atoms with Gasteiger partial charge in [-0.25, -0.2) is 8.78 Å². The number of hydrogen-bond donors (Lipinski definition) is 0. The molecule has 0 aromatic heterocycles. The van der Waals surface area contributed by atoms with Crippen molar-refractivity contribution in [2.24, 2.45) is 0 Å². The summed E-state index contributed by atoms with van der Waals surface area (Å²) in [4.78, 5) is 14.8. The zero-order chi connectivity index (χ0) is 16.2. The summed E-state index contributed by atoms with van der Waals surface area (Å²) in [6.45, 7) is 3.54. The van der Waals surface area contributed by atoms with E-state index in [9.17, 15) is 13.6 Å². The van der Waals surface area contributed by atoms with E-state index in [1.165, 1.54) is 6.07 Å². The van der Waals surface area contributed by atoms with Crippen LogP contribution in [0.25, 0.3) is 0 Å². The second kappa shape index (κ2) is 6.98. The van der Waals surface area contributed by atoms with Gasteiger partial charge in [-0.2, -0.15) is 0 Å². The van der Waals surface area contributed by atoms with E-state index >= 15 is 0 Å². The summed E-state index contributed by atoms with van der Waals surface area (Å²) in [6, 6.07) is 10.2. The minimum absolute atomic E-state index is 0.110. The Hall–Kier alpha value is -2.11. The molecule has 0 atom stereocenters. The molecule has 1 saturated heterocycles. The van der Waals surface area contributed by atoms with Gasteiger partial charge in [-0.3, -0.25) is 9.69 Å². The number of ketones is 1. The number of ether oxygens (including phenoxy) is 1. The van der Waals surface area contributed by atoms with Crippen molar-refractivity contribution >= 4 is 5.78 Å². The third-order valence-corrected chi connectivity index (χ3v) is 3.94. The summed E-state index contributed by atoms with van der Waals surface area (Å²) < 4.78 is 32.2. The second-order valence-electron chi connectivity index (χ2n) is 5.50. The quantitative estimate of drug-likeness (QED) is 0.812. The Bertz CT molecular complexity index is 712. The van der Waals surface area contributed by atoms with E-state index in [4.69, 9.17) is 4.74 Å². The molecule has 3 rings (SSSR count). The van der Waals surface area contributed by atoms with Gasteiger partial charge in [0.15, 0.2) is 5.78 Å². The molecule has 0 unspecified atom stereocenters. The molecule has 0 amide bonds. The average molecular weight is 317 g/mol. The molecule has 5 heteroatoms. The molecule has 120 valence electrons.